The predicted octanol–water partition coefficient (Wildman–Crippen LogP) is 2.63. The van der Waals surface area contributed by atoms with E-state index in [-0.39, 0.29) is 24.3 Å². The van der Waals surface area contributed by atoms with Gasteiger partial charge in [0.2, 0.25) is 17.7 Å². The van der Waals surface area contributed by atoms with E-state index in [0.29, 0.717) is 25.6 Å². The monoisotopic (exact) mass is 367 g/mol. The van der Waals surface area contributed by atoms with Gasteiger partial charge in [-0.3, -0.25) is 9.59 Å². The van der Waals surface area contributed by atoms with Gasteiger partial charge in [-0.15, -0.1) is 0 Å². The molecule has 27 heavy (non-hydrogen) atoms. The highest BCUT2D eigenvalue weighted by Crippen LogP contribution is 2.32. The second kappa shape index (κ2) is 8.66. The van der Waals surface area contributed by atoms with E-state index in [1.165, 1.54) is 5.56 Å². The fraction of sp³-hybridized carbons (Fsp3) is 0.381. The van der Waals surface area contributed by atoms with Crippen molar-refractivity contribution in [1.82, 2.24) is 15.2 Å². The minimum atomic E-state index is -0.229. The normalized spacial score (nSPS) is 15.8. The number of rotatable bonds is 6. The summed E-state index contributed by atoms with van der Waals surface area (Å²) in [6.07, 6.45) is 2.72. The maximum Gasteiger partial charge on any atom is 0.222 e. The summed E-state index contributed by atoms with van der Waals surface area (Å²) < 4.78 is 5.50. The molecule has 1 aromatic carbocycles. The smallest absolute Gasteiger partial charge is 0.222 e. The standard InChI is InChI=1S/C21H25N3O3/c1-3-27-21-17(8-6-11-22-21)14-23-20(26)13-19-18-9-5-4-7-16(18)10-12-24(19)15(2)25/h4-9,11,19H,3,10,12-14H2,1-2H3,(H,23,26). The van der Waals surface area contributed by atoms with Gasteiger partial charge in [0.15, 0.2) is 0 Å². The van der Waals surface area contributed by atoms with Gasteiger partial charge in [-0.05, 0) is 30.5 Å². The molecular formula is C21H25N3O3. The molecule has 142 valence electrons. The molecule has 1 unspecified atom stereocenters. The van der Waals surface area contributed by atoms with Gasteiger partial charge in [-0.2, -0.15) is 0 Å². The van der Waals surface area contributed by atoms with Crippen LogP contribution in [0.15, 0.2) is 42.6 Å². The number of aromatic nitrogens is 1. The number of nitrogens with zero attached hydrogens (tertiary/aromatic N) is 2. The topological polar surface area (TPSA) is 71.5 Å². The summed E-state index contributed by atoms with van der Waals surface area (Å²) in [5.41, 5.74) is 3.10. The molecule has 0 radical (unpaired) electrons. The third-order valence-electron chi connectivity index (χ3n) is 4.80. The van der Waals surface area contributed by atoms with Crippen molar-refractivity contribution in [2.75, 3.05) is 13.2 Å². The summed E-state index contributed by atoms with van der Waals surface area (Å²) >= 11 is 0. The molecule has 2 heterocycles. The van der Waals surface area contributed by atoms with Crippen LogP contribution in [0.2, 0.25) is 0 Å². The number of benzene rings is 1. The Morgan fingerprint density at radius 1 is 1.26 bits per heavy atom. The average Bonchev–Trinajstić information content (AvgIpc) is 2.67. The number of carbonyl (C=O) groups is 2. The van der Waals surface area contributed by atoms with E-state index in [9.17, 15) is 9.59 Å². The Morgan fingerprint density at radius 3 is 2.85 bits per heavy atom. The number of hydrogen-bond acceptors (Lipinski definition) is 4. The van der Waals surface area contributed by atoms with Crippen LogP contribution in [0.1, 0.15) is 43.0 Å². The molecule has 0 spiro atoms. The Morgan fingerprint density at radius 2 is 2.07 bits per heavy atom. The van der Waals surface area contributed by atoms with Gasteiger partial charge in [0, 0.05) is 31.8 Å². The molecule has 0 fully saturated rings. The lowest BCUT2D eigenvalue weighted by Gasteiger charge is -2.36. The Balaban J connectivity index is 1.70. The van der Waals surface area contributed by atoms with Crippen LogP contribution in [0.25, 0.3) is 0 Å². The molecule has 1 aliphatic rings. The van der Waals surface area contributed by atoms with Crippen LogP contribution >= 0.6 is 0 Å². The molecule has 1 atom stereocenters. The molecule has 6 heteroatoms. The SMILES string of the molecule is CCOc1ncccc1CNC(=O)CC1c2ccccc2CCN1C(C)=O. The van der Waals surface area contributed by atoms with Gasteiger partial charge in [-0.1, -0.05) is 30.3 Å². The maximum atomic E-state index is 12.6. The van der Waals surface area contributed by atoms with Crippen molar-refractivity contribution in [2.24, 2.45) is 0 Å². The van der Waals surface area contributed by atoms with Gasteiger partial charge >= 0.3 is 0 Å². The molecule has 6 nitrogen and oxygen atoms in total. The molecule has 3 rings (SSSR count). The molecule has 2 aromatic rings. The van der Waals surface area contributed by atoms with Crippen LogP contribution in [0, 0.1) is 0 Å². The summed E-state index contributed by atoms with van der Waals surface area (Å²) in [6.45, 7) is 4.96. The fourth-order valence-electron chi connectivity index (χ4n) is 3.52. The first-order chi connectivity index (χ1) is 13.1. The number of fused-ring (bicyclic) bond motifs is 1. The Labute approximate surface area is 159 Å². The van der Waals surface area contributed by atoms with Crippen molar-refractivity contribution < 1.29 is 14.3 Å². The highest BCUT2D eigenvalue weighted by Gasteiger charge is 2.30. The van der Waals surface area contributed by atoms with Crippen LogP contribution < -0.4 is 10.1 Å². The summed E-state index contributed by atoms with van der Waals surface area (Å²) in [5, 5.41) is 2.94. The second-order valence-electron chi connectivity index (χ2n) is 6.56. The minimum Gasteiger partial charge on any atom is -0.478 e. The van der Waals surface area contributed by atoms with Crippen molar-refractivity contribution in [3.8, 4) is 5.88 Å². The first-order valence-electron chi connectivity index (χ1n) is 9.28. The van der Waals surface area contributed by atoms with E-state index in [1.807, 2.05) is 37.3 Å². The molecule has 0 bridgehead atoms. The number of pyridine rings is 1. The summed E-state index contributed by atoms with van der Waals surface area (Å²) in [5.74, 6) is 0.427. The molecule has 0 aliphatic carbocycles. The molecule has 1 N–H and O–H groups in total. The van der Waals surface area contributed by atoms with E-state index in [0.717, 1.165) is 17.5 Å². The molecule has 1 aromatic heterocycles. The summed E-state index contributed by atoms with van der Waals surface area (Å²) in [6, 6.07) is 11.5. The average molecular weight is 367 g/mol. The van der Waals surface area contributed by atoms with Crippen molar-refractivity contribution in [2.45, 2.75) is 39.3 Å². The zero-order valence-electron chi connectivity index (χ0n) is 15.8. The molecule has 1 aliphatic heterocycles. The van der Waals surface area contributed by atoms with Gasteiger partial charge in [0.25, 0.3) is 0 Å². The van der Waals surface area contributed by atoms with E-state index >= 15 is 0 Å². The zero-order chi connectivity index (χ0) is 19.2. The van der Waals surface area contributed by atoms with Crippen LogP contribution in [0.3, 0.4) is 0 Å². The second-order valence-corrected chi connectivity index (χ2v) is 6.56. The van der Waals surface area contributed by atoms with Crippen LogP contribution in [-0.2, 0) is 22.6 Å². The Kier molecular flexibility index (Phi) is 6.06. The summed E-state index contributed by atoms with van der Waals surface area (Å²) in [7, 11) is 0. The third kappa shape index (κ3) is 4.45. The summed E-state index contributed by atoms with van der Waals surface area (Å²) in [4.78, 5) is 30.7. The van der Waals surface area contributed by atoms with Gasteiger partial charge in [-0.25, -0.2) is 4.98 Å². The van der Waals surface area contributed by atoms with E-state index in [4.69, 9.17) is 4.74 Å². The molecule has 0 saturated heterocycles. The number of carbonyl (C=O) groups excluding carboxylic acids is 2. The zero-order valence-corrected chi connectivity index (χ0v) is 15.8. The Hall–Kier alpha value is -2.89. The molecular weight excluding hydrogens is 342 g/mol. The third-order valence-corrected chi connectivity index (χ3v) is 4.80. The van der Waals surface area contributed by atoms with Gasteiger partial charge < -0.3 is 15.0 Å². The highest BCUT2D eigenvalue weighted by molar-refractivity contribution is 5.79. The Bertz CT molecular complexity index is 822. The highest BCUT2D eigenvalue weighted by atomic mass is 16.5. The lowest BCUT2D eigenvalue weighted by molar-refractivity contribution is -0.133. The van der Waals surface area contributed by atoms with Crippen molar-refractivity contribution in [1.29, 1.82) is 0 Å². The number of amides is 2. The quantitative estimate of drug-likeness (QED) is 0.852. The van der Waals surface area contributed by atoms with Crippen LogP contribution in [0.4, 0.5) is 0 Å². The number of ether oxygens (including phenoxy) is 1. The number of hydrogen-bond donors (Lipinski definition) is 1. The minimum absolute atomic E-state index is 0.00630. The fourth-order valence-corrected chi connectivity index (χ4v) is 3.52. The van der Waals surface area contributed by atoms with Crippen LogP contribution in [0.5, 0.6) is 5.88 Å². The van der Waals surface area contributed by atoms with Crippen molar-refractivity contribution in [3.05, 3.63) is 59.3 Å². The largest absolute Gasteiger partial charge is 0.478 e. The lowest BCUT2D eigenvalue weighted by atomic mass is 9.90. The first-order valence-corrected chi connectivity index (χ1v) is 9.28. The number of nitrogens with one attached hydrogen (secondary N) is 1. The van der Waals surface area contributed by atoms with E-state index < -0.39 is 0 Å². The maximum absolute atomic E-state index is 12.6. The van der Waals surface area contributed by atoms with Crippen molar-refractivity contribution in [3.63, 3.8) is 0 Å². The van der Waals surface area contributed by atoms with E-state index in [2.05, 4.69) is 16.4 Å². The van der Waals surface area contributed by atoms with Gasteiger partial charge in [0.05, 0.1) is 19.1 Å². The van der Waals surface area contributed by atoms with Crippen LogP contribution in [-0.4, -0.2) is 34.8 Å². The molecule has 2 amide bonds. The van der Waals surface area contributed by atoms with E-state index in [1.54, 1.807) is 18.0 Å². The van der Waals surface area contributed by atoms with Crippen molar-refractivity contribution >= 4 is 11.8 Å². The predicted molar refractivity (Wildman–Crippen MR) is 102 cm³/mol. The molecule has 0 saturated carbocycles. The van der Waals surface area contributed by atoms with Gasteiger partial charge in [0.1, 0.15) is 0 Å². The lowest BCUT2D eigenvalue weighted by Crippen LogP contribution is -2.41. The first kappa shape index (κ1) is 18.9.